The van der Waals surface area contributed by atoms with Gasteiger partial charge in [-0.1, -0.05) is 17.7 Å². The smallest absolute Gasteiger partial charge is 0.0501 e. The van der Waals surface area contributed by atoms with Crippen LogP contribution < -0.4 is 5.32 Å². The van der Waals surface area contributed by atoms with E-state index in [1.807, 2.05) is 30.5 Å². The van der Waals surface area contributed by atoms with Crippen LogP contribution >= 0.6 is 27.5 Å². The minimum Gasteiger partial charge on any atom is -0.378 e. The molecule has 88 valence electrons. The SMILES string of the molecule is CC(Nc1ccc(Cl)cc1Br)c1cccnc1. The second kappa shape index (κ2) is 5.52. The molecule has 1 atom stereocenters. The summed E-state index contributed by atoms with van der Waals surface area (Å²) in [7, 11) is 0. The van der Waals surface area contributed by atoms with E-state index in [0.717, 1.165) is 20.7 Å². The van der Waals surface area contributed by atoms with Crippen molar-refractivity contribution >= 4 is 33.2 Å². The first-order valence-corrected chi connectivity index (χ1v) is 6.45. The number of hydrogen-bond acceptors (Lipinski definition) is 2. The van der Waals surface area contributed by atoms with Gasteiger partial charge in [0.15, 0.2) is 0 Å². The van der Waals surface area contributed by atoms with Crippen molar-refractivity contribution in [1.29, 1.82) is 0 Å². The normalized spacial score (nSPS) is 12.2. The van der Waals surface area contributed by atoms with Gasteiger partial charge in [-0.25, -0.2) is 0 Å². The van der Waals surface area contributed by atoms with E-state index in [4.69, 9.17) is 11.6 Å². The molecule has 0 aliphatic rings. The average Bonchev–Trinajstić information content (AvgIpc) is 2.34. The lowest BCUT2D eigenvalue weighted by atomic mass is 10.1. The van der Waals surface area contributed by atoms with E-state index in [9.17, 15) is 0 Å². The summed E-state index contributed by atoms with van der Waals surface area (Å²) in [4.78, 5) is 4.11. The van der Waals surface area contributed by atoms with Crippen molar-refractivity contribution in [3.05, 3.63) is 57.8 Å². The standard InChI is InChI=1S/C13H12BrClN2/c1-9(10-3-2-6-16-8-10)17-13-5-4-11(15)7-12(13)14/h2-9,17H,1H3. The van der Waals surface area contributed by atoms with Crippen molar-refractivity contribution in [1.82, 2.24) is 4.98 Å². The summed E-state index contributed by atoms with van der Waals surface area (Å²) in [6.45, 7) is 2.10. The van der Waals surface area contributed by atoms with Crippen molar-refractivity contribution < 1.29 is 0 Å². The van der Waals surface area contributed by atoms with E-state index in [1.165, 1.54) is 0 Å². The zero-order valence-electron chi connectivity index (χ0n) is 9.32. The van der Waals surface area contributed by atoms with Gasteiger partial charge in [0, 0.05) is 27.6 Å². The third kappa shape index (κ3) is 3.20. The molecule has 0 saturated heterocycles. The Balaban J connectivity index is 2.16. The lowest BCUT2D eigenvalue weighted by molar-refractivity contribution is 0.874. The van der Waals surface area contributed by atoms with Crippen LogP contribution in [0.5, 0.6) is 0 Å². The molecule has 0 aliphatic carbocycles. The van der Waals surface area contributed by atoms with Crippen LogP contribution in [0.15, 0.2) is 47.2 Å². The third-order valence-electron chi connectivity index (χ3n) is 2.49. The summed E-state index contributed by atoms with van der Waals surface area (Å²) in [5, 5.41) is 4.13. The Labute approximate surface area is 114 Å². The Bertz CT molecular complexity index is 502. The molecule has 2 aromatic rings. The maximum atomic E-state index is 5.90. The summed E-state index contributed by atoms with van der Waals surface area (Å²) < 4.78 is 0.959. The largest absolute Gasteiger partial charge is 0.378 e. The van der Waals surface area contributed by atoms with Gasteiger partial charge in [-0.3, -0.25) is 4.98 Å². The molecule has 1 heterocycles. The van der Waals surface area contributed by atoms with Crippen LogP contribution in [-0.2, 0) is 0 Å². The summed E-state index contributed by atoms with van der Waals surface area (Å²) in [6.07, 6.45) is 3.63. The second-order valence-electron chi connectivity index (χ2n) is 3.78. The van der Waals surface area contributed by atoms with Gasteiger partial charge in [0.2, 0.25) is 0 Å². The Morgan fingerprint density at radius 2 is 2.18 bits per heavy atom. The maximum absolute atomic E-state index is 5.90. The van der Waals surface area contributed by atoms with Gasteiger partial charge in [0.25, 0.3) is 0 Å². The first-order chi connectivity index (χ1) is 8.16. The van der Waals surface area contributed by atoms with Crippen molar-refractivity contribution in [2.45, 2.75) is 13.0 Å². The number of anilines is 1. The van der Waals surface area contributed by atoms with E-state index < -0.39 is 0 Å². The Hall–Kier alpha value is -1.06. The monoisotopic (exact) mass is 310 g/mol. The number of halogens is 2. The minimum atomic E-state index is 0.196. The zero-order chi connectivity index (χ0) is 12.3. The van der Waals surface area contributed by atoms with Gasteiger partial charge in [-0.2, -0.15) is 0 Å². The van der Waals surface area contributed by atoms with E-state index in [-0.39, 0.29) is 6.04 Å². The number of aromatic nitrogens is 1. The molecule has 0 spiro atoms. The zero-order valence-corrected chi connectivity index (χ0v) is 11.7. The first kappa shape index (κ1) is 12.4. The lowest BCUT2D eigenvalue weighted by Gasteiger charge is -2.16. The molecule has 4 heteroatoms. The number of rotatable bonds is 3. The van der Waals surface area contributed by atoms with Crippen molar-refractivity contribution in [2.75, 3.05) is 5.32 Å². The minimum absolute atomic E-state index is 0.196. The quantitative estimate of drug-likeness (QED) is 0.891. The van der Waals surface area contributed by atoms with Gasteiger partial charge in [-0.15, -0.1) is 0 Å². The molecule has 17 heavy (non-hydrogen) atoms. The Morgan fingerprint density at radius 3 is 2.82 bits per heavy atom. The highest BCUT2D eigenvalue weighted by atomic mass is 79.9. The van der Waals surface area contributed by atoms with Crippen molar-refractivity contribution in [3.8, 4) is 0 Å². The molecular weight excluding hydrogens is 300 g/mol. The van der Waals surface area contributed by atoms with Gasteiger partial charge < -0.3 is 5.32 Å². The average molecular weight is 312 g/mol. The molecule has 0 aliphatic heterocycles. The van der Waals surface area contributed by atoms with Gasteiger partial charge in [0.05, 0.1) is 6.04 Å². The highest BCUT2D eigenvalue weighted by Gasteiger charge is 2.07. The number of benzene rings is 1. The fourth-order valence-electron chi connectivity index (χ4n) is 1.56. The predicted octanol–water partition coefficient (Wildman–Crippen LogP) is 4.67. The molecule has 0 fully saturated rings. The van der Waals surface area contributed by atoms with Gasteiger partial charge in [0.1, 0.15) is 0 Å². The van der Waals surface area contributed by atoms with Crippen LogP contribution in [0.2, 0.25) is 5.02 Å². The summed E-state index contributed by atoms with van der Waals surface area (Å²) in [5.41, 5.74) is 2.17. The molecule has 1 aromatic heterocycles. The van der Waals surface area contributed by atoms with Crippen LogP contribution in [0.25, 0.3) is 0 Å². The Morgan fingerprint density at radius 1 is 1.35 bits per heavy atom. The van der Waals surface area contributed by atoms with Crippen molar-refractivity contribution in [3.63, 3.8) is 0 Å². The molecule has 1 aromatic carbocycles. The molecule has 0 bridgehead atoms. The number of nitrogens with one attached hydrogen (secondary N) is 1. The van der Waals surface area contributed by atoms with Gasteiger partial charge >= 0.3 is 0 Å². The van der Waals surface area contributed by atoms with Crippen LogP contribution in [0.4, 0.5) is 5.69 Å². The van der Waals surface area contributed by atoms with Gasteiger partial charge in [-0.05, 0) is 52.7 Å². The van der Waals surface area contributed by atoms with E-state index in [1.54, 1.807) is 6.20 Å². The fraction of sp³-hybridized carbons (Fsp3) is 0.154. The van der Waals surface area contributed by atoms with Crippen LogP contribution in [0, 0.1) is 0 Å². The molecule has 2 rings (SSSR count). The van der Waals surface area contributed by atoms with E-state index in [2.05, 4.69) is 39.2 Å². The molecular formula is C13H12BrClN2. The molecule has 0 amide bonds. The van der Waals surface area contributed by atoms with E-state index >= 15 is 0 Å². The molecule has 1 N–H and O–H groups in total. The second-order valence-corrected chi connectivity index (χ2v) is 5.07. The first-order valence-electron chi connectivity index (χ1n) is 5.28. The topological polar surface area (TPSA) is 24.9 Å². The molecule has 0 radical (unpaired) electrons. The summed E-state index contributed by atoms with van der Waals surface area (Å²) in [6, 6.07) is 9.88. The van der Waals surface area contributed by atoms with Crippen LogP contribution in [-0.4, -0.2) is 4.98 Å². The lowest BCUT2D eigenvalue weighted by Crippen LogP contribution is -2.07. The molecule has 2 nitrogen and oxygen atoms in total. The maximum Gasteiger partial charge on any atom is 0.0501 e. The highest BCUT2D eigenvalue weighted by molar-refractivity contribution is 9.10. The number of hydrogen-bond donors (Lipinski definition) is 1. The van der Waals surface area contributed by atoms with Crippen molar-refractivity contribution in [2.24, 2.45) is 0 Å². The predicted molar refractivity (Wildman–Crippen MR) is 75.4 cm³/mol. The highest BCUT2D eigenvalue weighted by Crippen LogP contribution is 2.28. The summed E-state index contributed by atoms with van der Waals surface area (Å²) >= 11 is 9.39. The molecule has 1 unspecified atom stereocenters. The van der Waals surface area contributed by atoms with Crippen LogP contribution in [0.3, 0.4) is 0 Å². The van der Waals surface area contributed by atoms with E-state index in [0.29, 0.717) is 0 Å². The third-order valence-corrected chi connectivity index (χ3v) is 3.38. The molecule has 0 saturated carbocycles. The summed E-state index contributed by atoms with van der Waals surface area (Å²) in [5.74, 6) is 0. The Kier molecular flexibility index (Phi) is 4.02. The number of nitrogens with zero attached hydrogens (tertiary/aromatic N) is 1. The number of pyridine rings is 1. The fourth-order valence-corrected chi connectivity index (χ4v) is 2.35. The van der Waals surface area contributed by atoms with Crippen LogP contribution in [0.1, 0.15) is 18.5 Å².